The molecule has 1 rings (SSSR count). The van der Waals surface area contributed by atoms with Crippen LogP contribution in [0.3, 0.4) is 0 Å². The Hall–Kier alpha value is -1.75. The molecule has 2 amide bonds. The van der Waals surface area contributed by atoms with Gasteiger partial charge in [0, 0.05) is 37.6 Å². The third kappa shape index (κ3) is 6.35. The molecular weight excluding hydrogens is 278 g/mol. The summed E-state index contributed by atoms with van der Waals surface area (Å²) >= 11 is 0. The third-order valence-corrected chi connectivity index (χ3v) is 3.72. The molecule has 0 spiro atoms. The maximum Gasteiger partial charge on any atom is 0.319 e. The topological polar surface area (TPSA) is 64.6 Å². The van der Waals surface area contributed by atoms with E-state index in [2.05, 4.69) is 29.5 Å². The summed E-state index contributed by atoms with van der Waals surface area (Å²) in [5, 5.41) is 14.6. The van der Waals surface area contributed by atoms with E-state index in [0.29, 0.717) is 6.42 Å². The molecule has 5 nitrogen and oxygen atoms in total. The zero-order valence-electron chi connectivity index (χ0n) is 13.9. The fraction of sp³-hybridized carbons (Fsp3) is 0.588. The molecule has 0 saturated heterocycles. The average Bonchev–Trinajstić information content (AvgIpc) is 2.52. The average molecular weight is 307 g/mol. The minimum Gasteiger partial charge on any atom is -0.396 e. The summed E-state index contributed by atoms with van der Waals surface area (Å²) in [6, 6.07) is 7.61. The number of nitrogens with one attached hydrogen (secondary N) is 2. The predicted octanol–water partition coefficient (Wildman–Crippen LogP) is 3.21. The molecule has 1 unspecified atom stereocenters. The Kier molecular flexibility index (Phi) is 8.36. The molecule has 1 aromatic rings. The molecule has 0 radical (unpaired) electrons. The molecule has 124 valence electrons. The number of unbranched alkanes of at least 4 members (excludes halogenated alkanes) is 1. The number of aliphatic hydroxyl groups excluding tert-OH is 1. The minimum absolute atomic E-state index is 0.00412. The summed E-state index contributed by atoms with van der Waals surface area (Å²) in [6.45, 7) is 5.28. The van der Waals surface area contributed by atoms with Gasteiger partial charge in [0.25, 0.3) is 0 Å². The standard InChI is InChI=1S/C17H29N3O2/c1-4-6-12-20(3)16-9-7-15(8-10-16)19-17(22)18-14(5-2)11-13-21/h7-10,14,21H,4-6,11-13H2,1-3H3,(H2,18,19,22). The molecule has 0 heterocycles. The van der Waals surface area contributed by atoms with E-state index in [-0.39, 0.29) is 18.7 Å². The number of aliphatic hydroxyl groups is 1. The Morgan fingerprint density at radius 2 is 1.95 bits per heavy atom. The summed E-state index contributed by atoms with van der Waals surface area (Å²) in [4.78, 5) is 14.1. The van der Waals surface area contributed by atoms with Crippen LogP contribution in [0.4, 0.5) is 16.2 Å². The lowest BCUT2D eigenvalue weighted by atomic mass is 10.2. The molecule has 0 aliphatic rings. The van der Waals surface area contributed by atoms with Crippen LogP contribution in [-0.2, 0) is 0 Å². The normalized spacial score (nSPS) is 11.8. The maximum absolute atomic E-state index is 11.9. The first-order valence-corrected chi connectivity index (χ1v) is 8.10. The summed E-state index contributed by atoms with van der Waals surface area (Å²) in [6.07, 6.45) is 3.72. The van der Waals surface area contributed by atoms with Crippen LogP contribution in [0.2, 0.25) is 0 Å². The number of urea groups is 1. The van der Waals surface area contributed by atoms with Gasteiger partial charge in [-0.2, -0.15) is 0 Å². The molecule has 22 heavy (non-hydrogen) atoms. The van der Waals surface area contributed by atoms with Crippen LogP contribution in [-0.4, -0.2) is 37.4 Å². The van der Waals surface area contributed by atoms with Gasteiger partial charge in [-0.15, -0.1) is 0 Å². The van der Waals surface area contributed by atoms with Gasteiger partial charge in [0.2, 0.25) is 0 Å². The first-order chi connectivity index (χ1) is 10.6. The second kappa shape index (κ2) is 10.1. The lowest BCUT2D eigenvalue weighted by molar-refractivity contribution is 0.237. The van der Waals surface area contributed by atoms with E-state index in [1.165, 1.54) is 12.8 Å². The Labute approximate surface area is 133 Å². The van der Waals surface area contributed by atoms with Gasteiger partial charge in [-0.3, -0.25) is 0 Å². The Bertz CT molecular complexity index is 434. The minimum atomic E-state index is -0.229. The highest BCUT2D eigenvalue weighted by atomic mass is 16.3. The monoisotopic (exact) mass is 307 g/mol. The van der Waals surface area contributed by atoms with Crippen molar-refractivity contribution in [1.29, 1.82) is 0 Å². The van der Waals surface area contributed by atoms with Gasteiger partial charge in [-0.25, -0.2) is 4.79 Å². The zero-order valence-corrected chi connectivity index (χ0v) is 13.9. The number of carbonyl (C=O) groups excluding carboxylic acids is 1. The largest absolute Gasteiger partial charge is 0.396 e. The summed E-state index contributed by atoms with van der Waals surface area (Å²) in [7, 11) is 2.07. The number of anilines is 2. The van der Waals surface area contributed by atoms with E-state index in [0.717, 1.165) is 24.3 Å². The Balaban J connectivity index is 2.51. The Morgan fingerprint density at radius 3 is 2.50 bits per heavy atom. The van der Waals surface area contributed by atoms with E-state index >= 15 is 0 Å². The number of amides is 2. The summed E-state index contributed by atoms with van der Waals surface area (Å²) < 4.78 is 0. The van der Waals surface area contributed by atoms with Crippen LogP contribution >= 0.6 is 0 Å². The van der Waals surface area contributed by atoms with E-state index < -0.39 is 0 Å². The molecule has 0 aromatic heterocycles. The number of benzene rings is 1. The van der Waals surface area contributed by atoms with Gasteiger partial charge in [0.05, 0.1) is 0 Å². The molecular formula is C17H29N3O2. The lowest BCUT2D eigenvalue weighted by Gasteiger charge is -2.19. The van der Waals surface area contributed by atoms with Crippen molar-refractivity contribution in [2.45, 2.75) is 45.6 Å². The van der Waals surface area contributed by atoms with Gasteiger partial charge in [-0.1, -0.05) is 20.3 Å². The highest BCUT2D eigenvalue weighted by Gasteiger charge is 2.10. The highest BCUT2D eigenvalue weighted by molar-refractivity contribution is 5.89. The Morgan fingerprint density at radius 1 is 1.27 bits per heavy atom. The van der Waals surface area contributed by atoms with Crippen LogP contribution in [0.1, 0.15) is 39.5 Å². The van der Waals surface area contributed by atoms with Crippen molar-refractivity contribution in [3.05, 3.63) is 24.3 Å². The van der Waals surface area contributed by atoms with Crippen molar-refractivity contribution in [2.75, 3.05) is 30.4 Å². The number of rotatable bonds is 9. The van der Waals surface area contributed by atoms with Crippen LogP contribution in [0.15, 0.2) is 24.3 Å². The quantitative estimate of drug-likeness (QED) is 0.656. The molecule has 0 bridgehead atoms. The SMILES string of the molecule is CCCCN(C)c1ccc(NC(=O)NC(CC)CCO)cc1. The molecule has 1 atom stereocenters. The molecule has 0 aliphatic heterocycles. The maximum atomic E-state index is 11.9. The first-order valence-electron chi connectivity index (χ1n) is 8.10. The van der Waals surface area contributed by atoms with E-state index in [1.807, 2.05) is 31.2 Å². The van der Waals surface area contributed by atoms with Gasteiger partial charge in [0.1, 0.15) is 0 Å². The van der Waals surface area contributed by atoms with Gasteiger partial charge >= 0.3 is 6.03 Å². The van der Waals surface area contributed by atoms with Gasteiger partial charge in [-0.05, 0) is 43.5 Å². The van der Waals surface area contributed by atoms with Crippen molar-refractivity contribution in [1.82, 2.24) is 5.32 Å². The number of carbonyl (C=O) groups is 1. The van der Waals surface area contributed by atoms with Crippen LogP contribution in [0.25, 0.3) is 0 Å². The second-order valence-corrected chi connectivity index (χ2v) is 5.54. The lowest BCUT2D eigenvalue weighted by Crippen LogP contribution is -2.38. The zero-order chi connectivity index (χ0) is 16.4. The smallest absolute Gasteiger partial charge is 0.319 e. The second-order valence-electron chi connectivity index (χ2n) is 5.54. The molecule has 5 heteroatoms. The van der Waals surface area contributed by atoms with E-state index in [4.69, 9.17) is 5.11 Å². The van der Waals surface area contributed by atoms with Crippen LogP contribution < -0.4 is 15.5 Å². The summed E-state index contributed by atoms with van der Waals surface area (Å²) in [5.74, 6) is 0. The van der Waals surface area contributed by atoms with Crippen molar-refractivity contribution in [2.24, 2.45) is 0 Å². The van der Waals surface area contributed by atoms with Crippen molar-refractivity contribution in [3.8, 4) is 0 Å². The number of hydrogen-bond acceptors (Lipinski definition) is 3. The van der Waals surface area contributed by atoms with Crippen LogP contribution in [0.5, 0.6) is 0 Å². The fourth-order valence-electron chi connectivity index (χ4n) is 2.21. The molecule has 0 fully saturated rings. The number of nitrogens with zero attached hydrogens (tertiary/aromatic N) is 1. The first kappa shape index (κ1) is 18.3. The van der Waals surface area contributed by atoms with Gasteiger partial charge in [0.15, 0.2) is 0 Å². The number of hydrogen-bond donors (Lipinski definition) is 3. The summed E-state index contributed by atoms with van der Waals surface area (Å²) in [5.41, 5.74) is 1.91. The predicted molar refractivity (Wildman–Crippen MR) is 92.6 cm³/mol. The highest BCUT2D eigenvalue weighted by Crippen LogP contribution is 2.17. The fourth-order valence-corrected chi connectivity index (χ4v) is 2.21. The van der Waals surface area contributed by atoms with Crippen molar-refractivity contribution in [3.63, 3.8) is 0 Å². The van der Waals surface area contributed by atoms with Crippen LogP contribution in [0, 0.1) is 0 Å². The van der Waals surface area contributed by atoms with Crippen molar-refractivity contribution >= 4 is 17.4 Å². The van der Waals surface area contributed by atoms with Crippen molar-refractivity contribution < 1.29 is 9.90 Å². The molecule has 0 aliphatic carbocycles. The molecule has 1 aromatic carbocycles. The van der Waals surface area contributed by atoms with E-state index in [9.17, 15) is 4.79 Å². The molecule has 3 N–H and O–H groups in total. The van der Waals surface area contributed by atoms with Gasteiger partial charge < -0.3 is 20.6 Å². The third-order valence-electron chi connectivity index (χ3n) is 3.72. The molecule has 0 saturated carbocycles. The van der Waals surface area contributed by atoms with E-state index in [1.54, 1.807) is 0 Å².